The van der Waals surface area contributed by atoms with Crippen molar-refractivity contribution in [3.05, 3.63) is 46.1 Å². The summed E-state index contributed by atoms with van der Waals surface area (Å²) in [4.78, 5) is 29.1. The van der Waals surface area contributed by atoms with Gasteiger partial charge in [-0.1, -0.05) is 18.2 Å². The number of thiophene rings is 1. The zero-order valence-corrected chi connectivity index (χ0v) is 18.1. The number of hydrogen-bond acceptors (Lipinski definition) is 5. The topological polar surface area (TPSA) is 49.3 Å². The Morgan fingerprint density at radius 3 is 2.69 bits per heavy atom. The number of rotatable bonds is 2. The molecule has 5 nitrogen and oxygen atoms in total. The molecule has 2 aromatic heterocycles. The highest BCUT2D eigenvalue weighted by atomic mass is 32.1. The van der Waals surface area contributed by atoms with Crippen LogP contribution in [0.5, 0.6) is 0 Å². The molecule has 0 bridgehead atoms. The van der Waals surface area contributed by atoms with Crippen LogP contribution in [0.1, 0.15) is 34.4 Å². The Balaban J connectivity index is 1.34. The predicted octanol–water partition coefficient (Wildman–Crippen LogP) is 4.42. The number of amides is 1. The molecule has 1 aromatic carbocycles. The zero-order chi connectivity index (χ0) is 20.1. The Bertz CT molecular complexity index is 1100. The summed E-state index contributed by atoms with van der Waals surface area (Å²) < 4.78 is 0. The van der Waals surface area contributed by atoms with Gasteiger partial charge in [-0.25, -0.2) is 9.97 Å². The van der Waals surface area contributed by atoms with Crippen molar-refractivity contribution < 1.29 is 4.79 Å². The first-order valence-corrected chi connectivity index (χ1v) is 11.2. The number of hydrogen-bond donors (Lipinski definition) is 0. The third-order valence-corrected chi connectivity index (χ3v) is 7.67. The Morgan fingerprint density at radius 1 is 1.10 bits per heavy atom. The number of nitrogens with zero attached hydrogens (tertiary/aromatic N) is 4. The second-order valence-electron chi connectivity index (χ2n) is 8.24. The van der Waals surface area contributed by atoms with E-state index in [0.29, 0.717) is 5.91 Å². The van der Waals surface area contributed by atoms with Gasteiger partial charge in [-0.05, 0) is 56.7 Å². The first-order chi connectivity index (χ1) is 14.0. The predicted molar refractivity (Wildman–Crippen MR) is 119 cm³/mol. The quantitative estimate of drug-likeness (QED) is 0.632. The third kappa shape index (κ3) is 3.01. The molecule has 1 amide bonds. The van der Waals surface area contributed by atoms with Gasteiger partial charge in [0.25, 0.3) is 0 Å². The molecule has 0 N–H and O–H groups in total. The minimum absolute atomic E-state index is 0.0967. The lowest BCUT2D eigenvalue weighted by molar-refractivity contribution is -0.122. The monoisotopic (exact) mass is 406 g/mol. The van der Waals surface area contributed by atoms with Gasteiger partial charge >= 0.3 is 0 Å². The van der Waals surface area contributed by atoms with Gasteiger partial charge in [-0.2, -0.15) is 0 Å². The lowest BCUT2D eigenvalue weighted by Crippen LogP contribution is -2.42. The summed E-state index contributed by atoms with van der Waals surface area (Å²) in [6, 6.07) is 6.36. The lowest BCUT2D eigenvalue weighted by atomic mass is 9.94. The van der Waals surface area contributed by atoms with Crippen LogP contribution < -0.4 is 9.80 Å². The molecule has 4 heterocycles. The highest BCUT2D eigenvalue weighted by molar-refractivity contribution is 7.18. The van der Waals surface area contributed by atoms with E-state index in [1.807, 2.05) is 4.90 Å². The van der Waals surface area contributed by atoms with Gasteiger partial charge in [-0.15, -0.1) is 11.3 Å². The number of anilines is 2. The first kappa shape index (κ1) is 18.6. The van der Waals surface area contributed by atoms with Crippen LogP contribution in [0.2, 0.25) is 0 Å². The molecular weight excluding hydrogens is 380 g/mol. The van der Waals surface area contributed by atoms with Crippen molar-refractivity contribution in [3.63, 3.8) is 0 Å². The summed E-state index contributed by atoms with van der Waals surface area (Å²) in [5.41, 5.74) is 4.95. The number of benzene rings is 1. The molecule has 0 unspecified atom stereocenters. The van der Waals surface area contributed by atoms with Crippen molar-refractivity contribution in [1.29, 1.82) is 0 Å². The molecule has 1 fully saturated rings. The number of piperidine rings is 1. The largest absolute Gasteiger partial charge is 0.356 e. The first-order valence-electron chi connectivity index (χ1n) is 10.4. The average molecular weight is 407 g/mol. The van der Waals surface area contributed by atoms with Crippen molar-refractivity contribution in [2.45, 2.75) is 40.0 Å². The summed E-state index contributed by atoms with van der Waals surface area (Å²) in [7, 11) is 0. The molecular formula is C23H26N4OS. The molecule has 2 aliphatic rings. The molecule has 1 saturated heterocycles. The van der Waals surface area contributed by atoms with Crippen molar-refractivity contribution in [3.8, 4) is 0 Å². The van der Waals surface area contributed by atoms with Crippen LogP contribution in [-0.2, 0) is 11.2 Å². The van der Waals surface area contributed by atoms with Gasteiger partial charge in [-0.3, -0.25) is 4.79 Å². The van der Waals surface area contributed by atoms with Gasteiger partial charge in [0.05, 0.1) is 5.39 Å². The van der Waals surface area contributed by atoms with Crippen LogP contribution >= 0.6 is 11.3 Å². The maximum atomic E-state index is 13.3. The van der Waals surface area contributed by atoms with Crippen molar-refractivity contribution >= 4 is 39.0 Å². The van der Waals surface area contributed by atoms with E-state index < -0.39 is 0 Å². The van der Waals surface area contributed by atoms with Crippen LogP contribution in [0.25, 0.3) is 10.2 Å². The van der Waals surface area contributed by atoms with Crippen LogP contribution in [0.4, 0.5) is 11.5 Å². The van der Waals surface area contributed by atoms with Gasteiger partial charge in [0.1, 0.15) is 17.0 Å². The van der Waals surface area contributed by atoms with E-state index in [1.165, 1.54) is 27.0 Å². The highest BCUT2D eigenvalue weighted by Gasteiger charge is 2.34. The Hall–Kier alpha value is -2.47. The molecule has 0 radical (unpaired) electrons. The Morgan fingerprint density at radius 2 is 1.90 bits per heavy atom. The maximum Gasteiger partial charge on any atom is 0.230 e. The van der Waals surface area contributed by atoms with E-state index in [9.17, 15) is 4.79 Å². The number of para-hydroxylation sites is 1. The molecule has 6 heteroatoms. The van der Waals surface area contributed by atoms with Gasteiger partial charge in [0.2, 0.25) is 5.91 Å². The van der Waals surface area contributed by atoms with Crippen LogP contribution in [-0.4, -0.2) is 35.5 Å². The van der Waals surface area contributed by atoms with E-state index in [-0.39, 0.29) is 5.92 Å². The van der Waals surface area contributed by atoms with E-state index in [0.717, 1.165) is 55.2 Å². The number of aryl methyl sites for hydroxylation is 3. The minimum Gasteiger partial charge on any atom is -0.356 e. The fourth-order valence-electron chi connectivity index (χ4n) is 4.83. The van der Waals surface area contributed by atoms with Gasteiger partial charge < -0.3 is 9.80 Å². The fraction of sp³-hybridized carbons (Fsp3) is 0.435. The second-order valence-corrected chi connectivity index (χ2v) is 9.45. The van der Waals surface area contributed by atoms with Gasteiger partial charge in [0.15, 0.2) is 0 Å². The van der Waals surface area contributed by atoms with Crippen LogP contribution in [0, 0.1) is 26.7 Å². The molecule has 3 aromatic rings. The maximum absolute atomic E-state index is 13.3. The Labute approximate surface area is 175 Å². The molecule has 29 heavy (non-hydrogen) atoms. The standard InChI is InChI=1S/C23H26N4OS/c1-14-5-4-6-17-9-12-27(20(14)17)23(28)18-7-10-26(11-8-18)21-19-15(2)16(3)29-22(19)25-13-24-21/h4-6,13,18H,7-12H2,1-3H3. The third-order valence-electron chi connectivity index (χ3n) is 6.55. The molecule has 0 aliphatic carbocycles. The number of fused-ring (bicyclic) bond motifs is 2. The lowest BCUT2D eigenvalue weighted by Gasteiger charge is -2.34. The van der Waals surface area contributed by atoms with Crippen LogP contribution in [0.15, 0.2) is 24.5 Å². The van der Waals surface area contributed by atoms with Crippen LogP contribution in [0.3, 0.4) is 0 Å². The van der Waals surface area contributed by atoms with Crippen molar-refractivity contribution in [2.24, 2.45) is 5.92 Å². The molecule has 150 valence electrons. The SMILES string of the molecule is Cc1cccc2c1N(C(=O)C1CCN(c3ncnc4sc(C)c(C)c34)CC1)CC2. The van der Waals surface area contributed by atoms with Crippen molar-refractivity contribution in [1.82, 2.24) is 9.97 Å². The summed E-state index contributed by atoms with van der Waals surface area (Å²) >= 11 is 1.74. The molecule has 0 spiro atoms. The molecule has 5 rings (SSSR count). The summed E-state index contributed by atoms with van der Waals surface area (Å²) in [5, 5.41) is 1.18. The van der Waals surface area contributed by atoms with Gasteiger partial charge in [0, 0.05) is 36.1 Å². The molecule has 2 aliphatic heterocycles. The van der Waals surface area contributed by atoms with Crippen molar-refractivity contribution in [2.75, 3.05) is 29.4 Å². The molecule has 0 atom stereocenters. The number of aromatic nitrogens is 2. The average Bonchev–Trinajstić information content (AvgIpc) is 3.30. The minimum atomic E-state index is 0.0967. The van der Waals surface area contributed by atoms with E-state index in [4.69, 9.17) is 0 Å². The zero-order valence-electron chi connectivity index (χ0n) is 17.2. The number of carbonyl (C=O) groups is 1. The second kappa shape index (κ2) is 7.10. The Kier molecular flexibility index (Phi) is 4.54. The highest BCUT2D eigenvalue weighted by Crippen LogP contribution is 2.37. The summed E-state index contributed by atoms with van der Waals surface area (Å²) in [5.74, 6) is 1.43. The smallest absolute Gasteiger partial charge is 0.230 e. The molecule has 0 saturated carbocycles. The van der Waals surface area contributed by atoms with E-state index in [2.05, 4.69) is 53.8 Å². The van der Waals surface area contributed by atoms with E-state index in [1.54, 1.807) is 17.7 Å². The fourth-order valence-corrected chi connectivity index (χ4v) is 5.83. The van der Waals surface area contributed by atoms with E-state index >= 15 is 0 Å². The summed E-state index contributed by atoms with van der Waals surface area (Å²) in [6.07, 6.45) is 4.40. The number of carbonyl (C=O) groups excluding carboxylic acids is 1. The normalized spacial score (nSPS) is 17.2. The summed E-state index contributed by atoms with van der Waals surface area (Å²) in [6.45, 7) is 8.96.